The van der Waals surface area contributed by atoms with E-state index in [0.717, 1.165) is 12.1 Å². The molecule has 1 rings (SSSR count). The van der Waals surface area contributed by atoms with Crippen LogP contribution in [0.4, 0.5) is 0 Å². The standard InChI is InChI=1S/C8H17OSi/c1-3-8(2)10-7-5-4-6-9-10/h8H,3-7H2,1-2H3. The van der Waals surface area contributed by atoms with Crippen molar-refractivity contribution in [1.29, 1.82) is 0 Å². The van der Waals surface area contributed by atoms with E-state index in [9.17, 15) is 0 Å². The second-order valence-corrected chi connectivity index (χ2v) is 5.79. The van der Waals surface area contributed by atoms with Crippen molar-refractivity contribution in [3.63, 3.8) is 0 Å². The van der Waals surface area contributed by atoms with Crippen LogP contribution in [0.5, 0.6) is 0 Å². The molecule has 1 aliphatic heterocycles. The van der Waals surface area contributed by atoms with Crippen LogP contribution in [0.2, 0.25) is 11.6 Å². The molecule has 1 unspecified atom stereocenters. The summed E-state index contributed by atoms with van der Waals surface area (Å²) in [6, 6.07) is 1.39. The molecule has 0 bridgehead atoms. The van der Waals surface area contributed by atoms with Crippen LogP contribution in [0.1, 0.15) is 33.1 Å². The highest BCUT2D eigenvalue weighted by atomic mass is 28.3. The first kappa shape index (κ1) is 8.28. The molecule has 0 N–H and O–H groups in total. The van der Waals surface area contributed by atoms with E-state index < -0.39 is 0 Å². The van der Waals surface area contributed by atoms with Crippen LogP contribution in [0.3, 0.4) is 0 Å². The van der Waals surface area contributed by atoms with Gasteiger partial charge in [-0.15, -0.1) is 0 Å². The summed E-state index contributed by atoms with van der Waals surface area (Å²) in [6.07, 6.45) is 4.01. The molecule has 1 heterocycles. The first-order valence-electron chi connectivity index (χ1n) is 4.33. The lowest BCUT2D eigenvalue weighted by Gasteiger charge is -2.24. The average Bonchev–Trinajstić information content (AvgIpc) is 2.05. The monoisotopic (exact) mass is 157 g/mol. The van der Waals surface area contributed by atoms with Gasteiger partial charge in [-0.25, -0.2) is 0 Å². The Bertz CT molecular complexity index is 89.3. The van der Waals surface area contributed by atoms with Gasteiger partial charge in [0.05, 0.1) is 0 Å². The van der Waals surface area contributed by atoms with Crippen molar-refractivity contribution in [2.24, 2.45) is 0 Å². The topological polar surface area (TPSA) is 9.23 Å². The van der Waals surface area contributed by atoms with Crippen molar-refractivity contribution in [3.8, 4) is 0 Å². The number of rotatable bonds is 2. The molecule has 1 fully saturated rings. The van der Waals surface area contributed by atoms with E-state index in [2.05, 4.69) is 13.8 Å². The fourth-order valence-corrected chi connectivity index (χ4v) is 3.68. The lowest BCUT2D eigenvalue weighted by Crippen LogP contribution is -2.27. The van der Waals surface area contributed by atoms with Crippen LogP contribution >= 0.6 is 0 Å². The molecule has 1 radical (unpaired) electrons. The molecule has 1 aliphatic rings. The van der Waals surface area contributed by atoms with Gasteiger partial charge in [0.25, 0.3) is 0 Å². The Morgan fingerprint density at radius 1 is 1.50 bits per heavy atom. The van der Waals surface area contributed by atoms with E-state index in [1.54, 1.807) is 0 Å². The molecule has 0 aliphatic carbocycles. The molecule has 0 aromatic heterocycles. The molecule has 2 heteroatoms. The third-order valence-corrected chi connectivity index (χ3v) is 5.20. The Morgan fingerprint density at radius 3 is 2.80 bits per heavy atom. The average molecular weight is 157 g/mol. The van der Waals surface area contributed by atoms with Gasteiger partial charge >= 0.3 is 0 Å². The second kappa shape index (κ2) is 4.14. The summed E-state index contributed by atoms with van der Waals surface area (Å²) in [5, 5.41) is 0. The Kier molecular flexibility index (Phi) is 3.42. The van der Waals surface area contributed by atoms with Crippen molar-refractivity contribution >= 4 is 9.04 Å². The quantitative estimate of drug-likeness (QED) is 0.560. The molecular formula is C8H17OSi. The zero-order valence-corrected chi connectivity index (χ0v) is 8.02. The maximum atomic E-state index is 5.73. The SMILES string of the molecule is CCC(C)[Si]1CCCCO1. The molecule has 0 spiro atoms. The Hall–Kier alpha value is 0.177. The van der Waals surface area contributed by atoms with Gasteiger partial charge in [0.1, 0.15) is 0 Å². The summed E-state index contributed by atoms with van der Waals surface area (Å²) in [7, 11) is -0.377. The maximum absolute atomic E-state index is 5.73. The fraction of sp³-hybridized carbons (Fsp3) is 1.00. The number of hydrogen-bond donors (Lipinski definition) is 0. The molecule has 1 atom stereocenters. The minimum atomic E-state index is -0.377. The van der Waals surface area contributed by atoms with Crippen molar-refractivity contribution < 1.29 is 4.43 Å². The largest absolute Gasteiger partial charge is 0.416 e. The molecule has 59 valence electrons. The van der Waals surface area contributed by atoms with Gasteiger partial charge in [-0.05, 0) is 18.0 Å². The predicted molar refractivity (Wildman–Crippen MR) is 45.5 cm³/mol. The van der Waals surface area contributed by atoms with E-state index >= 15 is 0 Å². The van der Waals surface area contributed by atoms with Gasteiger partial charge in [-0.1, -0.05) is 26.7 Å². The summed E-state index contributed by atoms with van der Waals surface area (Å²) in [4.78, 5) is 0. The first-order valence-corrected chi connectivity index (χ1v) is 6.02. The highest BCUT2D eigenvalue weighted by molar-refractivity contribution is 6.53. The van der Waals surface area contributed by atoms with Crippen molar-refractivity contribution in [2.75, 3.05) is 6.61 Å². The van der Waals surface area contributed by atoms with Gasteiger partial charge in [0, 0.05) is 6.61 Å². The minimum Gasteiger partial charge on any atom is -0.416 e. The molecule has 0 aromatic rings. The zero-order valence-electron chi connectivity index (χ0n) is 7.02. The molecule has 1 nitrogen and oxygen atoms in total. The second-order valence-electron chi connectivity index (χ2n) is 3.08. The van der Waals surface area contributed by atoms with Gasteiger partial charge in [-0.2, -0.15) is 0 Å². The normalized spacial score (nSPS) is 24.6. The van der Waals surface area contributed by atoms with Crippen LogP contribution in [0.15, 0.2) is 0 Å². The predicted octanol–water partition coefficient (Wildman–Crippen LogP) is 2.59. The summed E-state index contributed by atoms with van der Waals surface area (Å²) in [5.41, 5.74) is 0.866. The summed E-state index contributed by atoms with van der Waals surface area (Å²) in [5.74, 6) is 0. The van der Waals surface area contributed by atoms with Crippen molar-refractivity contribution in [3.05, 3.63) is 0 Å². The fourth-order valence-electron chi connectivity index (χ4n) is 1.29. The molecule has 0 aromatic carbocycles. The van der Waals surface area contributed by atoms with E-state index in [1.165, 1.54) is 25.3 Å². The van der Waals surface area contributed by atoms with Gasteiger partial charge in [0.2, 0.25) is 9.04 Å². The van der Waals surface area contributed by atoms with Gasteiger partial charge in [-0.3, -0.25) is 0 Å². The van der Waals surface area contributed by atoms with E-state index in [-0.39, 0.29) is 9.04 Å². The minimum absolute atomic E-state index is 0.377. The van der Waals surface area contributed by atoms with Crippen LogP contribution in [0, 0.1) is 0 Å². The van der Waals surface area contributed by atoms with Crippen LogP contribution in [-0.2, 0) is 4.43 Å². The lowest BCUT2D eigenvalue weighted by molar-refractivity contribution is 0.279. The highest BCUT2D eigenvalue weighted by Gasteiger charge is 2.22. The van der Waals surface area contributed by atoms with Crippen molar-refractivity contribution in [1.82, 2.24) is 0 Å². The summed E-state index contributed by atoms with van der Waals surface area (Å²) >= 11 is 0. The Balaban J connectivity index is 2.24. The molecule has 0 saturated carbocycles. The maximum Gasteiger partial charge on any atom is 0.214 e. The lowest BCUT2D eigenvalue weighted by atomic mass is 10.3. The van der Waals surface area contributed by atoms with Crippen LogP contribution in [0.25, 0.3) is 0 Å². The van der Waals surface area contributed by atoms with Gasteiger partial charge < -0.3 is 4.43 Å². The highest BCUT2D eigenvalue weighted by Crippen LogP contribution is 2.23. The molecule has 1 saturated heterocycles. The molecule has 10 heavy (non-hydrogen) atoms. The Morgan fingerprint density at radius 2 is 2.30 bits per heavy atom. The third kappa shape index (κ3) is 2.10. The molecular weight excluding hydrogens is 140 g/mol. The third-order valence-electron chi connectivity index (χ3n) is 2.27. The Labute approximate surface area is 65.5 Å². The summed E-state index contributed by atoms with van der Waals surface area (Å²) < 4.78 is 5.73. The van der Waals surface area contributed by atoms with Crippen LogP contribution < -0.4 is 0 Å². The summed E-state index contributed by atoms with van der Waals surface area (Å²) in [6.45, 7) is 5.64. The first-order chi connectivity index (χ1) is 4.84. The van der Waals surface area contributed by atoms with E-state index in [1.807, 2.05) is 0 Å². The smallest absolute Gasteiger partial charge is 0.214 e. The van der Waals surface area contributed by atoms with E-state index in [4.69, 9.17) is 4.43 Å². The number of hydrogen-bond acceptors (Lipinski definition) is 1. The van der Waals surface area contributed by atoms with Gasteiger partial charge in [0.15, 0.2) is 0 Å². The van der Waals surface area contributed by atoms with E-state index in [0.29, 0.717) is 0 Å². The van der Waals surface area contributed by atoms with Crippen LogP contribution in [-0.4, -0.2) is 15.6 Å². The zero-order chi connectivity index (χ0) is 7.40. The molecule has 0 amide bonds. The van der Waals surface area contributed by atoms with Crippen molar-refractivity contribution in [2.45, 2.75) is 44.7 Å².